The molecule has 1 saturated carbocycles. The van der Waals surface area contributed by atoms with Crippen molar-refractivity contribution < 1.29 is 0 Å². The molecule has 18 heavy (non-hydrogen) atoms. The van der Waals surface area contributed by atoms with E-state index in [1.54, 1.807) is 11.8 Å². The van der Waals surface area contributed by atoms with Crippen molar-refractivity contribution in [3.05, 3.63) is 22.1 Å². The van der Waals surface area contributed by atoms with E-state index in [9.17, 15) is 4.79 Å². The molecule has 0 radical (unpaired) electrons. The lowest BCUT2D eigenvalue weighted by Crippen LogP contribution is -2.28. The van der Waals surface area contributed by atoms with Crippen LogP contribution >= 0.6 is 27.7 Å². The molecule has 0 saturated heterocycles. The van der Waals surface area contributed by atoms with Crippen molar-refractivity contribution in [1.82, 2.24) is 9.97 Å². The lowest BCUT2D eigenvalue weighted by molar-refractivity contribution is 0.260. The number of H-pyrrole nitrogens is 1. The summed E-state index contributed by atoms with van der Waals surface area (Å²) in [7, 11) is 0. The van der Waals surface area contributed by atoms with Crippen molar-refractivity contribution in [2.45, 2.75) is 44.2 Å². The van der Waals surface area contributed by atoms with Gasteiger partial charge >= 0.3 is 0 Å². The van der Waals surface area contributed by atoms with Gasteiger partial charge in [-0.25, -0.2) is 4.98 Å². The highest BCUT2D eigenvalue weighted by Crippen LogP contribution is 2.41. The first-order valence-corrected chi connectivity index (χ1v) is 8.51. The predicted octanol–water partition coefficient (Wildman–Crippen LogP) is 3.52. The molecule has 0 aliphatic heterocycles. The Labute approximate surface area is 120 Å². The minimum atomic E-state index is -0.0541. The van der Waals surface area contributed by atoms with E-state index in [1.807, 2.05) is 6.92 Å². The minimum Gasteiger partial charge on any atom is -0.301 e. The zero-order valence-electron chi connectivity index (χ0n) is 10.7. The summed E-state index contributed by atoms with van der Waals surface area (Å²) in [5.74, 6) is 1.03. The number of thioether (sulfide) groups is 1. The normalized spacial score (nSPS) is 18.8. The number of halogens is 1. The molecule has 0 spiro atoms. The Morgan fingerprint density at radius 1 is 1.44 bits per heavy atom. The Morgan fingerprint density at radius 2 is 2.17 bits per heavy atom. The highest BCUT2D eigenvalue weighted by atomic mass is 79.9. The van der Waals surface area contributed by atoms with Gasteiger partial charge in [0.25, 0.3) is 5.56 Å². The van der Waals surface area contributed by atoms with Crippen molar-refractivity contribution in [1.29, 1.82) is 0 Å². The van der Waals surface area contributed by atoms with Gasteiger partial charge in [0.1, 0.15) is 0 Å². The molecule has 1 heterocycles. The van der Waals surface area contributed by atoms with Gasteiger partial charge in [-0.3, -0.25) is 4.79 Å². The minimum absolute atomic E-state index is 0.0541. The van der Waals surface area contributed by atoms with Crippen molar-refractivity contribution >= 4 is 27.7 Å². The maximum Gasteiger partial charge on any atom is 0.251 e. The summed E-state index contributed by atoms with van der Waals surface area (Å²) in [5.41, 5.74) is 1.12. The maximum atomic E-state index is 11.4. The second kappa shape index (κ2) is 6.24. The number of hydrogen-bond acceptors (Lipinski definition) is 3. The van der Waals surface area contributed by atoms with Gasteiger partial charge in [0.05, 0.1) is 0 Å². The fourth-order valence-corrected chi connectivity index (χ4v) is 4.70. The van der Waals surface area contributed by atoms with Crippen LogP contribution in [0, 0.1) is 12.3 Å². The lowest BCUT2D eigenvalue weighted by atomic mass is 9.77. The first kappa shape index (κ1) is 14.1. The number of alkyl halides is 1. The van der Waals surface area contributed by atoms with E-state index in [0.717, 1.165) is 21.9 Å². The monoisotopic (exact) mass is 330 g/mol. The topological polar surface area (TPSA) is 45.8 Å². The fraction of sp³-hybridized carbons (Fsp3) is 0.692. The molecule has 1 aromatic rings. The van der Waals surface area contributed by atoms with Gasteiger partial charge < -0.3 is 4.98 Å². The van der Waals surface area contributed by atoms with E-state index >= 15 is 0 Å². The number of nitrogens with one attached hydrogen (secondary N) is 1. The van der Waals surface area contributed by atoms with E-state index in [0.29, 0.717) is 5.41 Å². The van der Waals surface area contributed by atoms with Crippen LogP contribution < -0.4 is 5.56 Å². The van der Waals surface area contributed by atoms with Gasteiger partial charge in [-0.15, -0.1) is 0 Å². The zero-order valence-corrected chi connectivity index (χ0v) is 13.1. The SMILES string of the molecule is Cc1cc(=O)[nH]c(SCC2(CBr)CCCCC2)n1. The quantitative estimate of drug-likeness (QED) is 0.522. The maximum absolute atomic E-state index is 11.4. The summed E-state index contributed by atoms with van der Waals surface area (Å²) in [6, 6.07) is 1.53. The summed E-state index contributed by atoms with van der Waals surface area (Å²) >= 11 is 5.35. The molecule has 3 nitrogen and oxygen atoms in total. The molecule has 5 heteroatoms. The van der Waals surface area contributed by atoms with Crippen LogP contribution in [-0.4, -0.2) is 21.1 Å². The average Bonchev–Trinajstić information content (AvgIpc) is 2.36. The molecule has 1 aliphatic rings. The molecule has 100 valence electrons. The molecule has 1 aliphatic carbocycles. The molecule has 1 N–H and O–H groups in total. The van der Waals surface area contributed by atoms with Gasteiger partial charge in [-0.2, -0.15) is 0 Å². The van der Waals surface area contributed by atoms with Gasteiger partial charge in [0.15, 0.2) is 5.16 Å². The number of hydrogen-bond donors (Lipinski definition) is 1. The largest absolute Gasteiger partial charge is 0.301 e. The predicted molar refractivity (Wildman–Crippen MR) is 79.6 cm³/mol. The molecule has 1 aromatic heterocycles. The fourth-order valence-electron chi connectivity index (χ4n) is 2.46. The smallest absolute Gasteiger partial charge is 0.251 e. The van der Waals surface area contributed by atoms with Crippen LogP contribution in [0.3, 0.4) is 0 Å². The van der Waals surface area contributed by atoms with E-state index in [1.165, 1.54) is 38.2 Å². The number of rotatable bonds is 4. The first-order chi connectivity index (χ1) is 8.63. The zero-order chi connectivity index (χ0) is 13.0. The summed E-state index contributed by atoms with van der Waals surface area (Å²) in [6.07, 6.45) is 6.56. The second-order valence-electron chi connectivity index (χ2n) is 5.17. The van der Waals surface area contributed by atoms with Crippen LogP contribution in [0.15, 0.2) is 16.0 Å². The van der Waals surface area contributed by atoms with Crippen molar-refractivity contribution in [2.24, 2.45) is 5.41 Å². The van der Waals surface area contributed by atoms with Crippen LogP contribution in [0.1, 0.15) is 37.8 Å². The summed E-state index contributed by atoms with van der Waals surface area (Å²) in [4.78, 5) is 18.6. The number of aromatic amines is 1. The molecule has 1 fully saturated rings. The van der Waals surface area contributed by atoms with E-state index in [2.05, 4.69) is 25.9 Å². The Kier molecular flexibility index (Phi) is 4.90. The van der Waals surface area contributed by atoms with Crippen LogP contribution in [0.5, 0.6) is 0 Å². The molecule has 0 bridgehead atoms. The molecule has 0 unspecified atom stereocenters. The third-order valence-electron chi connectivity index (χ3n) is 3.56. The number of aromatic nitrogens is 2. The highest BCUT2D eigenvalue weighted by molar-refractivity contribution is 9.09. The van der Waals surface area contributed by atoms with Gasteiger partial charge in [-0.1, -0.05) is 47.0 Å². The Bertz CT molecular complexity index is 455. The van der Waals surface area contributed by atoms with Crippen molar-refractivity contribution in [3.63, 3.8) is 0 Å². The lowest BCUT2D eigenvalue weighted by Gasteiger charge is -2.35. The Balaban J connectivity index is 2.03. The second-order valence-corrected chi connectivity index (χ2v) is 6.70. The molecular formula is C13H19BrN2OS. The van der Waals surface area contributed by atoms with Crippen LogP contribution in [0.25, 0.3) is 0 Å². The highest BCUT2D eigenvalue weighted by Gasteiger charge is 2.31. The van der Waals surface area contributed by atoms with Crippen LogP contribution in [0.4, 0.5) is 0 Å². The third kappa shape index (κ3) is 3.60. The number of nitrogens with zero attached hydrogens (tertiary/aromatic N) is 1. The first-order valence-electron chi connectivity index (χ1n) is 6.40. The van der Waals surface area contributed by atoms with E-state index < -0.39 is 0 Å². The summed E-state index contributed by atoms with van der Waals surface area (Å²) in [5, 5.41) is 1.80. The van der Waals surface area contributed by atoms with Crippen molar-refractivity contribution in [3.8, 4) is 0 Å². The Hall–Kier alpha value is -0.290. The molecular weight excluding hydrogens is 312 g/mol. The van der Waals surface area contributed by atoms with Crippen molar-refractivity contribution in [2.75, 3.05) is 11.1 Å². The molecule has 0 atom stereocenters. The molecule has 0 aromatic carbocycles. The van der Waals surface area contributed by atoms with Gasteiger partial charge in [-0.05, 0) is 25.2 Å². The summed E-state index contributed by atoms with van der Waals surface area (Å²) < 4.78 is 0. The van der Waals surface area contributed by atoms with E-state index in [-0.39, 0.29) is 5.56 Å². The molecule has 0 amide bonds. The summed E-state index contributed by atoms with van der Waals surface area (Å²) in [6.45, 7) is 1.86. The number of aryl methyl sites for hydroxylation is 1. The Morgan fingerprint density at radius 3 is 2.78 bits per heavy atom. The van der Waals surface area contributed by atoms with E-state index in [4.69, 9.17) is 0 Å². The van der Waals surface area contributed by atoms with Crippen LogP contribution in [-0.2, 0) is 0 Å². The van der Waals surface area contributed by atoms with Crippen LogP contribution in [0.2, 0.25) is 0 Å². The van der Waals surface area contributed by atoms with Gasteiger partial charge in [0, 0.05) is 22.8 Å². The van der Waals surface area contributed by atoms with Gasteiger partial charge in [0.2, 0.25) is 0 Å². The standard InChI is InChI=1S/C13H19BrN2OS/c1-10-7-11(17)16-12(15-10)18-9-13(8-14)5-3-2-4-6-13/h7H,2-6,8-9H2,1H3,(H,15,16,17). The molecule has 2 rings (SSSR count). The average molecular weight is 331 g/mol. The third-order valence-corrected chi connectivity index (χ3v) is 5.97.